The van der Waals surface area contributed by atoms with Gasteiger partial charge in [-0.25, -0.2) is 0 Å². The Labute approximate surface area is 102 Å². The van der Waals surface area contributed by atoms with E-state index in [4.69, 9.17) is 0 Å². The highest BCUT2D eigenvalue weighted by Crippen LogP contribution is 2.23. The Morgan fingerprint density at radius 3 is 2.65 bits per heavy atom. The molecular weight excluding hydrogens is 216 g/mol. The number of aliphatic hydroxyl groups excluding tert-OH is 1. The highest BCUT2D eigenvalue weighted by Gasteiger charge is 2.27. The predicted molar refractivity (Wildman–Crippen MR) is 65.5 cm³/mol. The second kappa shape index (κ2) is 5.14. The zero-order valence-electron chi connectivity index (χ0n) is 10.9. The second-order valence-electron chi connectivity index (χ2n) is 5.06. The van der Waals surface area contributed by atoms with Crippen molar-refractivity contribution in [1.82, 2.24) is 19.7 Å². The molecule has 1 N–H and O–H groups in total. The van der Waals surface area contributed by atoms with Gasteiger partial charge >= 0.3 is 0 Å². The van der Waals surface area contributed by atoms with E-state index in [1.54, 1.807) is 0 Å². The molecular formula is C12H22N4O. The fourth-order valence-electron chi connectivity index (χ4n) is 2.53. The molecule has 1 fully saturated rings. The molecule has 2 rings (SSSR count). The van der Waals surface area contributed by atoms with Gasteiger partial charge in [0.25, 0.3) is 0 Å². The zero-order chi connectivity index (χ0) is 12.4. The van der Waals surface area contributed by atoms with Gasteiger partial charge in [0.15, 0.2) is 0 Å². The van der Waals surface area contributed by atoms with Crippen molar-refractivity contribution >= 4 is 0 Å². The van der Waals surface area contributed by atoms with E-state index in [-0.39, 0.29) is 12.1 Å². The lowest BCUT2D eigenvalue weighted by Crippen LogP contribution is -2.43. The van der Waals surface area contributed by atoms with Gasteiger partial charge in [-0.3, -0.25) is 4.90 Å². The first-order chi connectivity index (χ1) is 8.09. The quantitative estimate of drug-likeness (QED) is 0.848. The van der Waals surface area contributed by atoms with Gasteiger partial charge in [-0.15, -0.1) is 10.2 Å². The Bertz CT molecular complexity index is 377. The van der Waals surface area contributed by atoms with Crippen LogP contribution in [0.15, 0.2) is 0 Å². The summed E-state index contributed by atoms with van der Waals surface area (Å²) in [5, 5.41) is 18.2. The molecule has 0 amide bonds. The lowest BCUT2D eigenvalue weighted by molar-refractivity contribution is 0.0274. The van der Waals surface area contributed by atoms with Gasteiger partial charge in [-0.2, -0.15) is 0 Å². The summed E-state index contributed by atoms with van der Waals surface area (Å²) in [5.41, 5.74) is 0. The summed E-state index contributed by atoms with van der Waals surface area (Å²) >= 11 is 0. The molecule has 1 heterocycles. The van der Waals surface area contributed by atoms with Crippen molar-refractivity contribution in [2.75, 3.05) is 7.05 Å². The molecule has 0 bridgehead atoms. The van der Waals surface area contributed by atoms with E-state index >= 15 is 0 Å². The first kappa shape index (κ1) is 12.5. The molecule has 0 saturated heterocycles. The van der Waals surface area contributed by atoms with Crippen LogP contribution in [0.4, 0.5) is 0 Å². The van der Waals surface area contributed by atoms with Crippen LogP contribution in [-0.2, 0) is 13.6 Å². The Morgan fingerprint density at radius 2 is 2.06 bits per heavy atom. The van der Waals surface area contributed by atoms with Crippen LogP contribution < -0.4 is 0 Å². The summed E-state index contributed by atoms with van der Waals surface area (Å²) in [7, 11) is 4.04. The van der Waals surface area contributed by atoms with E-state index in [1.807, 2.05) is 18.5 Å². The number of likely N-dealkylation sites (N-methyl/N-ethyl adjacent to an activating group) is 1. The van der Waals surface area contributed by atoms with Crippen molar-refractivity contribution in [3.63, 3.8) is 0 Å². The number of aliphatic hydroxyl groups is 1. The minimum Gasteiger partial charge on any atom is -0.391 e. The largest absolute Gasteiger partial charge is 0.391 e. The van der Waals surface area contributed by atoms with E-state index in [0.717, 1.165) is 37.5 Å². The lowest BCUT2D eigenvalue weighted by atomic mass is 9.91. The molecule has 1 aliphatic rings. The molecule has 1 saturated carbocycles. The van der Waals surface area contributed by atoms with Crippen LogP contribution in [0.25, 0.3) is 0 Å². The van der Waals surface area contributed by atoms with Gasteiger partial charge in [0, 0.05) is 13.1 Å². The van der Waals surface area contributed by atoms with Crippen LogP contribution in [0, 0.1) is 6.92 Å². The topological polar surface area (TPSA) is 54.2 Å². The van der Waals surface area contributed by atoms with Crippen LogP contribution in [-0.4, -0.2) is 44.0 Å². The Morgan fingerprint density at radius 1 is 1.35 bits per heavy atom. The molecule has 0 spiro atoms. The van der Waals surface area contributed by atoms with Gasteiger partial charge in [0.05, 0.1) is 12.6 Å². The molecule has 1 aromatic heterocycles. The van der Waals surface area contributed by atoms with Crippen molar-refractivity contribution in [3.05, 3.63) is 11.6 Å². The number of aromatic nitrogens is 3. The highest BCUT2D eigenvalue weighted by atomic mass is 16.3. The standard InChI is InChI=1S/C12H22N4O/c1-9-13-14-12(16(9)3)8-15(2)10-6-4-5-7-11(10)17/h10-11,17H,4-8H2,1-3H3. The molecule has 5 heteroatoms. The van der Waals surface area contributed by atoms with Crippen molar-refractivity contribution in [2.24, 2.45) is 7.05 Å². The third kappa shape index (κ3) is 2.66. The van der Waals surface area contributed by atoms with Gasteiger partial charge in [-0.05, 0) is 26.8 Å². The number of rotatable bonds is 3. The van der Waals surface area contributed by atoms with Crippen molar-refractivity contribution < 1.29 is 5.11 Å². The molecule has 17 heavy (non-hydrogen) atoms. The normalized spacial score (nSPS) is 25.5. The summed E-state index contributed by atoms with van der Waals surface area (Å²) in [5.74, 6) is 1.89. The van der Waals surface area contributed by atoms with Gasteiger partial charge in [0.2, 0.25) is 0 Å². The third-order valence-corrected chi connectivity index (χ3v) is 3.83. The zero-order valence-corrected chi connectivity index (χ0v) is 10.9. The first-order valence-corrected chi connectivity index (χ1v) is 6.32. The fourth-order valence-corrected chi connectivity index (χ4v) is 2.53. The average Bonchev–Trinajstić information content (AvgIpc) is 2.61. The second-order valence-corrected chi connectivity index (χ2v) is 5.06. The number of hydrogen-bond acceptors (Lipinski definition) is 4. The molecule has 1 aromatic rings. The van der Waals surface area contributed by atoms with E-state index in [1.165, 1.54) is 6.42 Å². The third-order valence-electron chi connectivity index (χ3n) is 3.83. The number of nitrogens with zero attached hydrogens (tertiary/aromatic N) is 4. The molecule has 96 valence electrons. The van der Waals surface area contributed by atoms with E-state index in [2.05, 4.69) is 22.1 Å². The minimum absolute atomic E-state index is 0.192. The summed E-state index contributed by atoms with van der Waals surface area (Å²) in [6.45, 7) is 2.70. The highest BCUT2D eigenvalue weighted by molar-refractivity contribution is 4.93. The van der Waals surface area contributed by atoms with Crippen molar-refractivity contribution in [1.29, 1.82) is 0 Å². The van der Waals surface area contributed by atoms with Crippen molar-refractivity contribution in [3.8, 4) is 0 Å². The minimum atomic E-state index is -0.192. The lowest BCUT2D eigenvalue weighted by Gasteiger charge is -2.34. The van der Waals surface area contributed by atoms with E-state index in [0.29, 0.717) is 0 Å². The van der Waals surface area contributed by atoms with E-state index in [9.17, 15) is 5.11 Å². The van der Waals surface area contributed by atoms with Crippen LogP contribution >= 0.6 is 0 Å². The van der Waals surface area contributed by atoms with Gasteiger partial charge in [-0.1, -0.05) is 12.8 Å². The van der Waals surface area contributed by atoms with Crippen molar-refractivity contribution in [2.45, 2.75) is 51.3 Å². The SMILES string of the molecule is Cc1nnc(CN(C)C2CCCCC2O)n1C. The van der Waals surface area contributed by atoms with Gasteiger partial charge < -0.3 is 9.67 Å². The fraction of sp³-hybridized carbons (Fsp3) is 0.833. The summed E-state index contributed by atoms with van der Waals surface area (Å²) < 4.78 is 2.01. The predicted octanol–water partition coefficient (Wildman–Crippen LogP) is 0.859. The van der Waals surface area contributed by atoms with Crippen LogP contribution in [0.1, 0.15) is 37.3 Å². The molecule has 2 atom stereocenters. The first-order valence-electron chi connectivity index (χ1n) is 6.32. The Hall–Kier alpha value is -0.940. The molecule has 5 nitrogen and oxygen atoms in total. The Kier molecular flexibility index (Phi) is 3.79. The molecule has 0 aliphatic heterocycles. The maximum atomic E-state index is 10.0. The summed E-state index contributed by atoms with van der Waals surface area (Å²) in [4.78, 5) is 2.20. The monoisotopic (exact) mass is 238 g/mol. The summed E-state index contributed by atoms with van der Waals surface area (Å²) in [6.07, 6.45) is 4.17. The maximum Gasteiger partial charge on any atom is 0.146 e. The molecule has 2 unspecified atom stereocenters. The van der Waals surface area contributed by atoms with Crippen LogP contribution in [0.5, 0.6) is 0 Å². The van der Waals surface area contributed by atoms with Crippen LogP contribution in [0.2, 0.25) is 0 Å². The summed E-state index contributed by atoms with van der Waals surface area (Å²) in [6, 6.07) is 0.265. The maximum absolute atomic E-state index is 10.0. The average molecular weight is 238 g/mol. The van der Waals surface area contributed by atoms with Gasteiger partial charge in [0.1, 0.15) is 11.6 Å². The molecule has 0 radical (unpaired) electrons. The number of aryl methyl sites for hydroxylation is 1. The molecule has 1 aliphatic carbocycles. The smallest absolute Gasteiger partial charge is 0.146 e. The number of hydrogen-bond donors (Lipinski definition) is 1. The molecule has 0 aromatic carbocycles. The Balaban J connectivity index is 2.00. The van der Waals surface area contributed by atoms with Crippen LogP contribution in [0.3, 0.4) is 0 Å². The van der Waals surface area contributed by atoms with E-state index < -0.39 is 0 Å².